The minimum atomic E-state index is -0.925. The van der Waals surface area contributed by atoms with Gasteiger partial charge in [-0.15, -0.1) is 0 Å². The van der Waals surface area contributed by atoms with Gasteiger partial charge >= 0.3 is 6.03 Å². The van der Waals surface area contributed by atoms with Gasteiger partial charge in [0.2, 0.25) is 11.8 Å². The molecule has 1 aromatic rings. The Hall–Kier alpha value is -2.97. The Balaban J connectivity index is 1.45. The van der Waals surface area contributed by atoms with Crippen LogP contribution in [0.4, 0.5) is 4.79 Å². The summed E-state index contributed by atoms with van der Waals surface area (Å²) in [5.74, 6) is -0.704. The number of aromatic nitrogens is 1. The lowest BCUT2D eigenvalue weighted by molar-refractivity contribution is -0.137. The smallest absolute Gasteiger partial charge is 0.325 e. The molecule has 3 N–H and O–H groups in total. The van der Waals surface area contributed by atoms with Gasteiger partial charge in [-0.2, -0.15) is 0 Å². The molecule has 2 heterocycles. The largest absolute Gasteiger partial charge is 0.354 e. The lowest BCUT2D eigenvalue weighted by atomic mass is 9.64. The number of urea groups is 1. The molecule has 31 heavy (non-hydrogen) atoms. The van der Waals surface area contributed by atoms with Crippen LogP contribution in [0.1, 0.15) is 52.0 Å². The second-order valence-electron chi connectivity index (χ2n) is 9.49. The summed E-state index contributed by atoms with van der Waals surface area (Å²) in [4.78, 5) is 54.6. The second kappa shape index (κ2) is 9.03. The zero-order valence-corrected chi connectivity index (χ0v) is 18.4. The highest BCUT2D eigenvalue weighted by molar-refractivity contribution is 6.09. The van der Waals surface area contributed by atoms with Crippen LogP contribution >= 0.6 is 0 Å². The van der Waals surface area contributed by atoms with Gasteiger partial charge in [-0.3, -0.25) is 24.3 Å². The van der Waals surface area contributed by atoms with Crippen LogP contribution in [-0.2, 0) is 20.9 Å². The van der Waals surface area contributed by atoms with Crippen LogP contribution in [0, 0.1) is 11.3 Å². The first-order valence-electron chi connectivity index (χ1n) is 10.7. The Kier molecular flexibility index (Phi) is 6.62. The molecular weight excluding hydrogens is 398 g/mol. The average molecular weight is 430 g/mol. The van der Waals surface area contributed by atoms with Crippen LogP contribution in [-0.4, -0.2) is 52.3 Å². The summed E-state index contributed by atoms with van der Waals surface area (Å²) < 4.78 is 0. The van der Waals surface area contributed by atoms with E-state index in [1.165, 1.54) is 0 Å². The van der Waals surface area contributed by atoms with E-state index >= 15 is 0 Å². The molecular formula is C22H31N5O4. The van der Waals surface area contributed by atoms with Gasteiger partial charge in [-0.25, -0.2) is 4.79 Å². The number of carbonyl (C=O) groups excluding carboxylic acids is 4. The van der Waals surface area contributed by atoms with Gasteiger partial charge in [0.05, 0.1) is 0 Å². The average Bonchev–Trinajstić information content (AvgIpc) is 2.89. The standard InChI is InChI=1S/C22H31N5O4/c1-15-10-21(2,3)14-22(11-15)19(30)27(20(31)26-22)13-18(29)24-9-6-17(28)25-12-16-4-7-23-8-5-16/h4-5,7-8,15H,6,9-14H2,1-3H3,(H,24,29)(H,25,28)(H,26,31). The zero-order chi connectivity index (χ0) is 22.6. The van der Waals surface area contributed by atoms with Gasteiger partial charge in [0, 0.05) is 31.9 Å². The highest BCUT2D eigenvalue weighted by Gasteiger charge is 2.56. The molecule has 3 rings (SSSR count). The van der Waals surface area contributed by atoms with Gasteiger partial charge in [0.25, 0.3) is 5.91 Å². The van der Waals surface area contributed by atoms with Gasteiger partial charge in [-0.1, -0.05) is 20.8 Å². The van der Waals surface area contributed by atoms with E-state index in [0.29, 0.717) is 25.3 Å². The molecule has 9 heteroatoms. The van der Waals surface area contributed by atoms with E-state index < -0.39 is 17.5 Å². The van der Waals surface area contributed by atoms with Gasteiger partial charge in [0.1, 0.15) is 12.1 Å². The minimum Gasteiger partial charge on any atom is -0.354 e. The summed E-state index contributed by atoms with van der Waals surface area (Å²) in [6, 6.07) is 3.09. The molecule has 168 valence electrons. The maximum absolute atomic E-state index is 13.1. The summed E-state index contributed by atoms with van der Waals surface area (Å²) in [5, 5.41) is 8.23. The van der Waals surface area contributed by atoms with E-state index in [9.17, 15) is 19.2 Å². The lowest BCUT2D eigenvalue weighted by Crippen LogP contribution is -2.54. The Morgan fingerprint density at radius 3 is 2.55 bits per heavy atom. The highest BCUT2D eigenvalue weighted by atomic mass is 16.2. The molecule has 2 unspecified atom stereocenters. The Morgan fingerprint density at radius 1 is 1.16 bits per heavy atom. The van der Waals surface area contributed by atoms with Gasteiger partial charge in [0.15, 0.2) is 0 Å². The number of imide groups is 1. The number of pyridine rings is 1. The van der Waals surface area contributed by atoms with Crippen molar-refractivity contribution in [2.45, 2.75) is 58.5 Å². The molecule has 0 aromatic carbocycles. The van der Waals surface area contributed by atoms with Crippen LogP contribution in [0.25, 0.3) is 0 Å². The predicted molar refractivity (Wildman–Crippen MR) is 113 cm³/mol. The van der Waals surface area contributed by atoms with Crippen molar-refractivity contribution in [3.8, 4) is 0 Å². The molecule has 5 amide bonds. The van der Waals surface area contributed by atoms with Crippen LogP contribution in [0.5, 0.6) is 0 Å². The molecule has 1 saturated carbocycles. The normalized spacial score (nSPS) is 24.7. The van der Waals surface area contributed by atoms with E-state index in [1.54, 1.807) is 24.5 Å². The number of hydrogen-bond acceptors (Lipinski definition) is 5. The molecule has 1 aliphatic heterocycles. The van der Waals surface area contributed by atoms with Crippen molar-refractivity contribution < 1.29 is 19.2 Å². The molecule has 0 radical (unpaired) electrons. The summed E-state index contributed by atoms with van der Waals surface area (Å²) in [6.45, 7) is 6.43. The number of nitrogens with one attached hydrogen (secondary N) is 3. The van der Waals surface area contributed by atoms with Crippen molar-refractivity contribution in [2.24, 2.45) is 11.3 Å². The lowest BCUT2D eigenvalue weighted by Gasteiger charge is -2.43. The molecule has 2 aliphatic rings. The molecule has 0 bridgehead atoms. The monoisotopic (exact) mass is 429 g/mol. The fraction of sp³-hybridized carbons (Fsp3) is 0.591. The van der Waals surface area contributed by atoms with Crippen molar-refractivity contribution in [3.05, 3.63) is 30.1 Å². The fourth-order valence-corrected chi connectivity index (χ4v) is 4.95. The van der Waals surface area contributed by atoms with E-state index in [0.717, 1.165) is 16.9 Å². The van der Waals surface area contributed by atoms with E-state index in [2.05, 4.69) is 41.7 Å². The van der Waals surface area contributed by atoms with Crippen molar-refractivity contribution >= 4 is 23.8 Å². The maximum atomic E-state index is 13.1. The number of nitrogens with zero attached hydrogens (tertiary/aromatic N) is 2. The summed E-state index contributed by atoms with van der Waals surface area (Å²) >= 11 is 0. The van der Waals surface area contributed by atoms with E-state index in [-0.39, 0.29) is 36.7 Å². The third-order valence-corrected chi connectivity index (χ3v) is 5.84. The van der Waals surface area contributed by atoms with Crippen molar-refractivity contribution in [1.29, 1.82) is 0 Å². The molecule has 1 aromatic heterocycles. The van der Waals surface area contributed by atoms with Crippen LogP contribution in [0.2, 0.25) is 0 Å². The first-order valence-corrected chi connectivity index (χ1v) is 10.7. The Bertz CT molecular complexity index is 857. The SMILES string of the molecule is CC1CC(C)(C)CC2(C1)NC(=O)N(CC(=O)NCCC(=O)NCc1ccncc1)C2=O. The van der Waals surface area contributed by atoms with Crippen LogP contribution in [0.15, 0.2) is 24.5 Å². The topological polar surface area (TPSA) is 120 Å². The quantitative estimate of drug-likeness (QED) is 0.565. The Morgan fingerprint density at radius 2 is 1.87 bits per heavy atom. The molecule has 2 atom stereocenters. The minimum absolute atomic E-state index is 0.0670. The third kappa shape index (κ3) is 5.59. The molecule has 1 spiro atoms. The van der Waals surface area contributed by atoms with Crippen LogP contribution < -0.4 is 16.0 Å². The molecule has 1 aliphatic carbocycles. The Labute approximate surface area is 182 Å². The first-order chi connectivity index (χ1) is 14.6. The third-order valence-electron chi connectivity index (χ3n) is 5.84. The van der Waals surface area contributed by atoms with Crippen LogP contribution in [0.3, 0.4) is 0 Å². The summed E-state index contributed by atoms with van der Waals surface area (Å²) in [5.41, 5.74) is -0.0616. The predicted octanol–water partition coefficient (Wildman–Crippen LogP) is 1.34. The van der Waals surface area contributed by atoms with Crippen molar-refractivity contribution in [2.75, 3.05) is 13.1 Å². The van der Waals surface area contributed by atoms with Gasteiger partial charge < -0.3 is 16.0 Å². The summed E-state index contributed by atoms with van der Waals surface area (Å²) in [6.07, 6.45) is 5.53. The zero-order valence-electron chi connectivity index (χ0n) is 18.4. The molecule has 1 saturated heterocycles. The van der Waals surface area contributed by atoms with E-state index in [4.69, 9.17) is 0 Å². The van der Waals surface area contributed by atoms with E-state index in [1.807, 2.05) is 0 Å². The van der Waals surface area contributed by atoms with Gasteiger partial charge in [-0.05, 0) is 48.3 Å². The number of amides is 5. The fourth-order valence-electron chi connectivity index (χ4n) is 4.95. The first kappa shape index (κ1) is 22.7. The van der Waals surface area contributed by atoms with Crippen molar-refractivity contribution in [1.82, 2.24) is 25.8 Å². The highest BCUT2D eigenvalue weighted by Crippen LogP contribution is 2.46. The number of rotatable bonds is 7. The van der Waals surface area contributed by atoms with Crippen molar-refractivity contribution in [3.63, 3.8) is 0 Å². The maximum Gasteiger partial charge on any atom is 0.325 e. The molecule has 2 fully saturated rings. The molecule has 9 nitrogen and oxygen atoms in total. The summed E-state index contributed by atoms with van der Waals surface area (Å²) in [7, 11) is 0. The second-order valence-corrected chi connectivity index (χ2v) is 9.49. The number of hydrogen-bond donors (Lipinski definition) is 3. The number of carbonyl (C=O) groups is 4.